The Labute approximate surface area is 102 Å². The molecule has 1 heterocycles. The first-order chi connectivity index (χ1) is 8.54. The highest BCUT2D eigenvalue weighted by molar-refractivity contribution is 5.81. The molecule has 1 atom stereocenters. The SMILES string of the molecule is FC(F)(F)OC(NC1=NCCN1)c1ccccc1. The summed E-state index contributed by atoms with van der Waals surface area (Å²) in [5.74, 6) is 0.313. The lowest BCUT2D eigenvalue weighted by Gasteiger charge is -2.21. The number of nitrogens with zero attached hydrogens (tertiary/aromatic N) is 1. The van der Waals surface area contributed by atoms with E-state index in [-0.39, 0.29) is 0 Å². The third kappa shape index (κ3) is 3.63. The van der Waals surface area contributed by atoms with Gasteiger partial charge in [0.2, 0.25) is 0 Å². The molecule has 98 valence electrons. The van der Waals surface area contributed by atoms with Crippen LogP contribution in [0.3, 0.4) is 0 Å². The fraction of sp³-hybridized carbons (Fsp3) is 0.364. The number of ether oxygens (including phenoxy) is 1. The maximum Gasteiger partial charge on any atom is 0.524 e. The topological polar surface area (TPSA) is 45.6 Å². The van der Waals surface area contributed by atoms with E-state index in [4.69, 9.17) is 0 Å². The first-order valence-electron chi connectivity index (χ1n) is 5.39. The first-order valence-corrected chi connectivity index (χ1v) is 5.39. The van der Waals surface area contributed by atoms with Gasteiger partial charge in [0.15, 0.2) is 12.2 Å². The van der Waals surface area contributed by atoms with Crippen LogP contribution < -0.4 is 10.6 Å². The second kappa shape index (κ2) is 5.26. The summed E-state index contributed by atoms with van der Waals surface area (Å²) >= 11 is 0. The Kier molecular flexibility index (Phi) is 3.71. The van der Waals surface area contributed by atoms with Gasteiger partial charge < -0.3 is 10.6 Å². The zero-order valence-corrected chi connectivity index (χ0v) is 9.37. The van der Waals surface area contributed by atoms with Crippen LogP contribution in [-0.4, -0.2) is 25.4 Å². The van der Waals surface area contributed by atoms with Gasteiger partial charge in [-0.25, -0.2) is 0 Å². The molecule has 1 aromatic carbocycles. The van der Waals surface area contributed by atoms with Crippen LogP contribution in [0.5, 0.6) is 0 Å². The van der Waals surface area contributed by atoms with Crippen molar-refractivity contribution in [3.8, 4) is 0 Å². The number of nitrogens with one attached hydrogen (secondary N) is 2. The molecule has 0 amide bonds. The lowest BCUT2D eigenvalue weighted by Crippen LogP contribution is -2.39. The Morgan fingerprint density at radius 3 is 2.56 bits per heavy atom. The van der Waals surface area contributed by atoms with Gasteiger partial charge in [-0.3, -0.25) is 9.73 Å². The van der Waals surface area contributed by atoms with Crippen LogP contribution >= 0.6 is 0 Å². The van der Waals surface area contributed by atoms with E-state index in [0.717, 1.165) is 0 Å². The van der Waals surface area contributed by atoms with Crippen LogP contribution in [0.15, 0.2) is 35.3 Å². The van der Waals surface area contributed by atoms with Crippen LogP contribution in [-0.2, 0) is 4.74 Å². The highest BCUT2D eigenvalue weighted by Crippen LogP contribution is 2.25. The van der Waals surface area contributed by atoms with E-state index in [0.29, 0.717) is 24.6 Å². The van der Waals surface area contributed by atoms with Crippen molar-refractivity contribution in [3.63, 3.8) is 0 Å². The summed E-state index contributed by atoms with van der Waals surface area (Å²) in [5.41, 5.74) is 0.381. The van der Waals surface area contributed by atoms with Crippen molar-refractivity contribution in [1.82, 2.24) is 10.6 Å². The molecule has 0 radical (unpaired) electrons. The van der Waals surface area contributed by atoms with E-state index in [1.165, 1.54) is 0 Å². The van der Waals surface area contributed by atoms with E-state index in [1.807, 2.05) is 0 Å². The van der Waals surface area contributed by atoms with E-state index < -0.39 is 12.6 Å². The molecule has 1 aromatic rings. The zero-order valence-electron chi connectivity index (χ0n) is 9.37. The molecule has 1 unspecified atom stereocenters. The third-order valence-electron chi connectivity index (χ3n) is 2.30. The monoisotopic (exact) mass is 259 g/mol. The predicted octanol–water partition coefficient (Wildman–Crippen LogP) is 1.77. The van der Waals surface area contributed by atoms with Crippen LogP contribution in [0.4, 0.5) is 13.2 Å². The predicted molar refractivity (Wildman–Crippen MR) is 59.8 cm³/mol. The zero-order chi connectivity index (χ0) is 13.0. The molecule has 2 N–H and O–H groups in total. The number of hydrogen-bond acceptors (Lipinski definition) is 4. The molecule has 4 nitrogen and oxygen atoms in total. The van der Waals surface area contributed by atoms with E-state index in [1.54, 1.807) is 30.3 Å². The number of hydrogen-bond donors (Lipinski definition) is 2. The second-order valence-corrected chi connectivity index (χ2v) is 3.66. The number of halogens is 3. The number of benzene rings is 1. The van der Waals surface area contributed by atoms with Crippen LogP contribution in [0.2, 0.25) is 0 Å². The summed E-state index contributed by atoms with van der Waals surface area (Å²) < 4.78 is 41.1. The summed E-state index contributed by atoms with van der Waals surface area (Å²) in [6.07, 6.45) is -6.03. The quantitative estimate of drug-likeness (QED) is 0.813. The van der Waals surface area contributed by atoms with Gasteiger partial charge in [0, 0.05) is 12.1 Å². The first kappa shape index (κ1) is 12.7. The Morgan fingerprint density at radius 2 is 2.00 bits per heavy atom. The summed E-state index contributed by atoms with van der Waals surface area (Å²) in [6, 6.07) is 8.12. The fourth-order valence-electron chi connectivity index (χ4n) is 1.56. The van der Waals surface area contributed by atoms with Gasteiger partial charge in [-0.15, -0.1) is 13.2 Å². The van der Waals surface area contributed by atoms with Gasteiger partial charge in [-0.05, 0) is 0 Å². The largest absolute Gasteiger partial charge is 0.524 e. The molecule has 1 aliphatic heterocycles. The van der Waals surface area contributed by atoms with Gasteiger partial charge in [0.1, 0.15) is 0 Å². The number of alkyl halides is 3. The average Bonchev–Trinajstić information content (AvgIpc) is 2.80. The molecule has 0 saturated carbocycles. The summed E-state index contributed by atoms with van der Waals surface area (Å²) in [6.45, 7) is 1.14. The summed E-state index contributed by atoms with van der Waals surface area (Å²) in [5, 5.41) is 5.42. The standard InChI is InChI=1S/C11H12F3N3O/c12-11(13,14)18-9(8-4-2-1-3-5-8)17-10-15-6-7-16-10/h1-5,9H,6-7H2,(H2,15,16,17). The van der Waals surface area contributed by atoms with Crippen molar-refractivity contribution in [2.45, 2.75) is 12.6 Å². The molecule has 0 saturated heterocycles. The van der Waals surface area contributed by atoms with Crippen molar-refractivity contribution < 1.29 is 17.9 Å². The third-order valence-corrected chi connectivity index (χ3v) is 2.30. The Bertz CT molecular complexity index is 419. The smallest absolute Gasteiger partial charge is 0.354 e. The highest BCUT2D eigenvalue weighted by atomic mass is 19.4. The normalized spacial score (nSPS) is 16.9. The molecule has 1 aliphatic rings. The number of guanidine groups is 1. The fourth-order valence-corrected chi connectivity index (χ4v) is 1.56. The second-order valence-electron chi connectivity index (χ2n) is 3.66. The van der Waals surface area contributed by atoms with E-state index in [9.17, 15) is 13.2 Å². The van der Waals surface area contributed by atoms with Gasteiger partial charge in [0.25, 0.3) is 0 Å². The summed E-state index contributed by atoms with van der Waals surface area (Å²) in [4.78, 5) is 3.98. The van der Waals surface area contributed by atoms with Gasteiger partial charge >= 0.3 is 6.36 Å². The van der Waals surface area contributed by atoms with Crippen LogP contribution in [0.25, 0.3) is 0 Å². The maximum atomic E-state index is 12.3. The van der Waals surface area contributed by atoms with Crippen LogP contribution in [0.1, 0.15) is 11.8 Å². The van der Waals surface area contributed by atoms with Crippen molar-refractivity contribution in [1.29, 1.82) is 0 Å². The van der Waals surface area contributed by atoms with Gasteiger partial charge in [0.05, 0.1) is 6.54 Å². The minimum absolute atomic E-state index is 0.313. The van der Waals surface area contributed by atoms with Crippen molar-refractivity contribution >= 4 is 5.96 Å². The molecule has 2 rings (SSSR count). The van der Waals surface area contributed by atoms with E-state index >= 15 is 0 Å². The molecular weight excluding hydrogens is 247 g/mol. The minimum atomic E-state index is -4.72. The van der Waals surface area contributed by atoms with Crippen molar-refractivity contribution in [2.24, 2.45) is 4.99 Å². The summed E-state index contributed by atoms with van der Waals surface area (Å²) in [7, 11) is 0. The van der Waals surface area contributed by atoms with Crippen molar-refractivity contribution in [2.75, 3.05) is 13.1 Å². The van der Waals surface area contributed by atoms with Gasteiger partial charge in [-0.2, -0.15) is 0 Å². The maximum absolute atomic E-state index is 12.3. The Hall–Kier alpha value is -1.76. The molecule has 0 aromatic heterocycles. The lowest BCUT2D eigenvalue weighted by atomic mass is 10.2. The molecule has 0 spiro atoms. The Morgan fingerprint density at radius 1 is 1.28 bits per heavy atom. The molecular formula is C11H12F3N3O. The molecule has 0 aliphatic carbocycles. The average molecular weight is 259 g/mol. The minimum Gasteiger partial charge on any atom is -0.354 e. The number of aliphatic imine (C=N–C) groups is 1. The van der Waals surface area contributed by atoms with Gasteiger partial charge in [-0.1, -0.05) is 30.3 Å². The molecule has 0 fully saturated rings. The molecule has 18 heavy (non-hydrogen) atoms. The van der Waals surface area contributed by atoms with E-state index in [2.05, 4.69) is 20.4 Å². The van der Waals surface area contributed by atoms with Crippen molar-refractivity contribution in [3.05, 3.63) is 35.9 Å². The van der Waals surface area contributed by atoms with Crippen LogP contribution in [0, 0.1) is 0 Å². The molecule has 0 bridgehead atoms. The highest BCUT2D eigenvalue weighted by Gasteiger charge is 2.34. The Balaban J connectivity index is 2.12. The molecule has 7 heteroatoms. The lowest BCUT2D eigenvalue weighted by molar-refractivity contribution is -0.346. The number of rotatable bonds is 3.